The number of nitrogens with zero attached hydrogens (tertiary/aromatic N) is 1. The summed E-state index contributed by atoms with van der Waals surface area (Å²) in [6, 6.07) is 16.1. The van der Waals surface area contributed by atoms with E-state index in [2.05, 4.69) is 0 Å². The Morgan fingerprint density at radius 1 is 0.474 bits per heavy atom. The zero-order valence-electron chi connectivity index (χ0n) is 51.7. The maximum Gasteiger partial charge on any atom is 0.136 e. The van der Waals surface area contributed by atoms with Crippen molar-refractivity contribution < 1.29 is 34.6 Å². The zero-order chi connectivity index (χ0) is 57.0. The Hall–Kier alpha value is -7.16. The minimum atomic E-state index is -3.78. The Morgan fingerprint density at radius 2 is 1.16 bits per heavy atom. The summed E-state index contributed by atoms with van der Waals surface area (Å²) in [4.78, 5) is 0.859. The highest BCUT2D eigenvalue weighted by atomic mass is 16.3. The Balaban J connectivity index is 1.22. The van der Waals surface area contributed by atoms with Crippen molar-refractivity contribution in [3.8, 4) is 44.5 Å². The van der Waals surface area contributed by atoms with Crippen molar-refractivity contribution in [1.29, 1.82) is 0 Å². The number of hydrogen-bond acceptors (Lipinski definition) is 2. The fourth-order valence-corrected chi connectivity index (χ4v) is 7.67. The molecule has 0 unspecified atom stereocenters. The Morgan fingerprint density at radius 3 is 2.00 bits per heavy atom. The van der Waals surface area contributed by atoms with Gasteiger partial charge in [0.1, 0.15) is 11.2 Å². The molecule has 10 aromatic rings. The smallest absolute Gasteiger partial charge is 0.136 e. The second kappa shape index (κ2) is 13.0. The first-order valence-electron chi connectivity index (χ1n) is 29.0. The minimum absolute atomic E-state index is 0.152. The molecule has 9 aromatic carbocycles. The van der Waals surface area contributed by atoms with Gasteiger partial charge >= 0.3 is 0 Å². The molecule has 0 saturated carbocycles. The monoisotopic (exact) mass is 751 g/mol. The molecule has 0 aliphatic heterocycles. The summed E-state index contributed by atoms with van der Waals surface area (Å²) in [6.07, 6.45) is 0. The molecular weight excluding hydrogens is 691 g/mol. The highest BCUT2D eigenvalue weighted by molar-refractivity contribution is 6.09. The summed E-state index contributed by atoms with van der Waals surface area (Å²) in [5.41, 5.74) is -5.94. The number of hydrogen-bond donors (Lipinski definition) is 0. The van der Waals surface area contributed by atoms with E-state index in [1.807, 2.05) is 78.9 Å². The molecule has 0 atom stereocenters. The van der Waals surface area contributed by atoms with Gasteiger partial charge in [0.25, 0.3) is 0 Å². The van der Waals surface area contributed by atoms with Crippen LogP contribution in [0.2, 0.25) is 0 Å². The quantitative estimate of drug-likeness (QED) is 0.168. The van der Waals surface area contributed by atoms with Gasteiger partial charge in [-0.3, -0.25) is 0 Å². The lowest BCUT2D eigenvalue weighted by molar-refractivity contribution is 0.660. The second-order valence-electron chi connectivity index (χ2n) is 13.6. The molecule has 0 N–H and O–H groups in total. The Kier molecular flexibility index (Phi) is 4.04. The van der Waals surface area contributed by atoms with Gasteiger partial charge in [0, 0.05) is 41.5 Å². The van der Waals surface area contributed by atoms with Crippen LogP contribution in [0.15, 0.2) is 204 Å². The first kappa shape index (κ1) is 17.7. The summed E-state index contributed by atoms with van der Waals surface area (Å²) >= 11 is 0. The third kappa shape index (κ3) is 5.40. The first-order valence-corrected chi connectivity index (χ1v) is 18.0. The van der Waals surface area contributed by atoms with Crippen LogP contribution in [-0.2, 0) is 5.41 Å². The van der Waals surface area contributed by atoms with Gasteiger partial charge in [0.15, 0.2) is 0 Å². The third-order valence-corrected chi connectivity index (χ3v) is 10.3. The number of fused-ring (bicyclic) bond motifs is 7. The van der Waals surface area contributed by atoms with Crippen LogP contribution in [0.1, 0.15) is 55.0 Å². The standard InChI is InChI=1S/C55H39NO/c1-55(2)50-18-10-8-16-46(50)47-33-30-43(35-51(47)55)56(41-26-20-37(21-27-41)36-12-4-3-5-13-36)42-28-22-39(23-29-42)45-31-24-38-14-6-7-15-44(38)54(45)40-25-32-49-48-17-9-11-19-52(48)57-53(49)34-40/h3-35H,1-2H3/i1D3,2D3,3D,4D,5D,8D,10D,12D,13D,16D,18D,20D,21D,26D,27D,30D,33D,35D. The highest BCUT2D eigenvalue weighted by Crippen LogP contribution is 2.51. The molecular formula is C55H39NO. The minimum Gasteiger partial charge on any atom is -0.456 e. The van der Waals surface area contributed by atoms with Gasteiger partial charge in [-0.05, 0) is 121 Å². The van der Waals surface area contributed by atoms with E-state index in [0.717, 1.165) is 37.6 Å². The van der Waals surface area contributed by atoms with Crippen LogP contribution in [0.4, 0.5) is 17.1 Å². The van der Waals surface area contributed by atoms with Crippen LogP contribution in [0.5, 0.6) is 0 Å². The lowest BCUT2D eigenvalue weighted by Gasteiger charge is -2.28. The summed E-state index contributed by atoms with van der Waals surface area (Å²) in [7, 11) is 0. The molecule has 1 aromatic heterocycles. The van der Waals surface area contributed by atoms with Crippen LogP contribution in [0.25, 0.3) is 77.2 Å². The van der Waals surface area contributed by atoms with Gasteiger partial charge in [-0.1, -0.05) is 159 Å². The van der Waals surface area contributed by atoms with Crippen molar-refractivity contribution in [3.05, 3.63) is 211 Å². The van der Waals surface area contributed by atoms with Gasteiger partial charge < -0.3 is 9.32 Å². The molecule has 1 heterocycles. The lowest BCUT2D eigenvalue weighted by atomic mass is 9.82. The maximum atomic E-state index is 10.1. The van der Waals surface area contributed by atoms with Gasteiger partial charge in [-0.2, -0.15) is 0 Å². The van der Waals surface area contributed by atoms with Crippen molar-refractivity contribution >= 4 is 49.8 Å². The van der Waals surface area contributed by atoms with Crippen LogP contribution < -0.4 is 4.90 Å². The SMILES string of the molecule is [2H]c1c([2H])c([2H])c(-c2c([2H])c([2H])c(N(c3ccc(-c4ccc5ccccc5c4-c4ccc5c(c4)oc4ccccc45)cc3)c3c([2H])c([2H])c4c(c3[2H])C(C([2H])([2H])[2H])(C([2H])([2H])[2H])c3c([2H])c([2H])c([2H])c([2H])c3-4)c([2H])c2[2H])c([2H])c1[2H]. The number of anilines is 3. The molecule has 0 saturated heterocycles. The third-order valence-electron chi connectivity index (χ3n) is 10.3. The average molecular weight is 752 g/mol. The fraction of sp³-hybridized carbons (Fsp3) is 0.0545. The Labute approximate surface area is 363 Å². The van der Waals surface area contributed by atoms with E-state index in [0.29, 0.717) is 22.3 Å². The van der Waals surface area contributed by atoms with E-state index >= 15 is 0 Å². The van der Waals surface area contributed by atoms with Crippen LogP contribution in [0, 0.1) is 0 Å². The number of benzene rings is 9. The summed E-state index contributed by atoms with van der Waals surface area (Å²) in [6.45, 7) is -7.57. The summed E-state index contributed by atoms with van der Waals surface area (Å²) in [5, 5.41) is 3.59. The molecule has 2 heteroatoms. The summed E-state index contributed by atoms with van der Waals surface area (Å²) < 4.78 is 205. The van der Waals surface area contributed by atoms with E-state index in [1.165, 1.54) is 12.1 Å². The number of furan rings is 1. The number of rotatable bonds is 6. The molecule has 0 radical (unpaired) electrons. The fourth-order valence-electron chi connectivity index (χ4n) is 7.67. The molecule has 1 aliphatic rings. The number of para-hydroxylation sites is 1. The van der Waals surface area contributed by atoms with Gasteiger partial charge in [-0.25, -0.2) is 0 Å². The van der Waals surface area contributed by atoms with E-state index < -0.39 is 161 Å². The molecule has 57 heavy (non-hydrogen) atoms. The predicted molar refractivity (Wildman–Crippen MR) is 240 cm³/mol. The topological polar surface area (TPSA) is 16.4 Å². The van der Waals surface area contributed by atoms with E-state index in [9.17, 15) is 9.60 Å². The van der Waals surface area contributed by atoms with Crippen molar-refractivity contribution in [2.24, 2.45) is 0 Å². The molecule has 0 amide bonds. The molecule has 0 fully saturated rings. The first-order chi connectivity index (χ1) is 37.2. The van der Waals surface area contributed by atoms with E-state index in [4.69, 9.17) is 25.0 Å². The average Bonchev–Trinajstić information content (AvgIpc) is 2.23. The van der Waals surface area contributed by atoms with Crippen LogP contribution >= 0.6 is 0 Å². The van der Waals surface area contributed by atoms with Crippen LogP contribution in [-0.4, -0.2) is 0 Å². The normalized spacial score (nSPS) is 18.8. The van der Waals surface area contributed by atoms with Gasteiger partial charge in [0.05, 0.1) is 21.9 Å². The molecule has 0 bridgehead atoms. The van der Waals surface area contributed by atoms with Gasteiger partial charge in [-0.15, -0.1) is 0 Å². The maximum absolute atomic E-state index is 10.1. The lowest BCUT2D eigenvalue weighted by Crippen LogP contribution is -2.16. The van der Waals surface area contributed by atoms with E-state index in [-0.39, 0.29) is 5.69 Å². The molecule has 2 nitrogen and oxygen atoms in total. The van der Waals surface area contributed by atoms with Crippen LogP contribution in [0.3, 0.4) is 0 Å². The molecule has 11 rings (SSSR count). The zero-order valence-corrected chi connectivity index (χ0v) is 29.7. The van der Waals surface area contributed by atoms with Gasteiger partial charge in [0.2, 0.25) is 0 Å². The van der Waals surface area contributed by atoms with E-state index in [1.54, 1.807) is 12.1 Å². The second-order valence-corrected chi connectivity index (χ2v) is 13.6. The highest BCUT2D eigenvalue weighted by Gasteiger charge is 2.35. The summed E-state index contributed by atoms with van der Waals surface area (Å²) in [5.74, 6) is 0. The van der Waals surface area contributed by atoms with Crippen molar-refractivity contribution in [3.63, 3.8) is 0 Å². The molecule has 270 valence electrons. The largest absolute Gasteiger partial charge is 0.456 e. The predicted octanol–water partition coefficient (Wildman–Crippen LogP) is 15.5. The van der Waals surface area contributed by atoms with Crippen molar-refractivity contribution in [1.82, 2.24) is 0 Å². The molecule has 1 aliphatic carbocycles. The van der Waals surface area contributed by atoms with Crippen molar-refractivity contribution in [2.75, 3.05) is 4.90 Å². The Bertz CT molecular complexity index is 4240. The molecule has 0 spiro atoms. The van der Waals surface area contributed by atoms with Crippen molar-refractivity contribution in [2.45, 2.75) is 19.1 Å².